The first-order valence-corrected chi connectivity index (χ1v) is 9.38. The number of hydrogen-bond donors (Lipinski definition) is 3. The van der Waals surface area contributed by atoms with E-state index in [2.05, 4.69) is 57.3 Å². The molecule has 7 nitrogen and oxygen atoms in total. The van der Waals surface area contributed by atoms with E-state index in [1.165, 1.54) is 0 Å². The highest BCUT2D eigenvalue weighted by Crippen LogP contribution is 2.40. The van der Waals surface area contributed by atoms with Gasteiger partial charge in [0.1, 0.15) is 5.69 Å². The molecule has 2 aromatic carbocycles. The van der Waals surface area contributed by atoms with E-state index in [0.29, 0.717) is 16.6 Å². The molecular formula is C18H11Br2N5O2. The molecule has 4 aromatic rings. The summed E-state index contributed by atoms with van der Waals surface area (Å²) >= 11 is 6.80. The van der Waals surface area contributed by atoms with Crippen molar-refractivity contribution in [1.29, 1.82) is 0 Å². The molecule has 0 radical (unpaired) electrons. The number of hydrogen-bond acceptors (Lipinski definition) is 4. The zero-order valence-corrected chi connectivity index (χ0v) is 16.7. The third-order valence-electron chi connectivity index (χ3n) is 3.90. The third-order valence-corrected chi connectivity index (χ3v) is 4.98. The number of carbonyl (C=O) groups excluding carboxylic acids is 1. The lowest BCUT2D eigenvalue weighted by Crippen LogP contribution is -1.93. The molecule has 0 aliphatic carbocycles. The molecule has 0 aliphatic rings. The third kappa shape index (κ3) is 3.43. The molecule has 0 unspecified atom stereocenters. The lowest BCUT2D eigenvalue weighted by atomic mass is 10.1. The van der Waals surface area contributed by atoms with Gasteiger partial charge in [-0.05, 0) is 34.1 Å². The van der Waals surface area contributed by atoms with Gasteiger partial charge in [-0.25, -0.2) is 0 Å². The average Bonchev–Trinajstić information content (AvgIpc) is 3.26. The number of azo groups is 1. The Morgan fingerprint density at radius 2 is 1.89 bits per heavy atom. The Hall–Kier alpha value is -2.78. The maximum Gasteiger partial charge on any atom is 0.313 e. The number of fused-ring (bicyclic) bond motifs is 1. The fourth-order valence-electron chi connectivity index (χ4n) is 2.63. The summed E-state index contributed by atoms with van der Waals surface area (Å²) in [6.45, 7) is 0. The van der Waals surface area contributed by atoms with Crippen LogP contribution in [0.3, 0.4) is 0 Å². The summed E-state index contributed by atoms with van der Waals surface area (Å²) in [7, 11) is 0. The Labute approximate surface area is 169 Å². The SMILES string of the molecule is O=C(N=Nc1c(O)[nH]c2c(Br)cc(Br)cc12)c1cc(-c2ccccc2)n[nH]1. The molecular weight excluding hydrogens is 478 g/mol. The van der Waals surface area contributed by atoms with Crippen LogP contribution >= 0.6 is 31.9 Å². The Bertz CT molecular complexity index is 1180. The minimum atomic E-state index is -0.590. The van der Waals surface area contributed by atoms with Crippen LogP contribution in [-0.4, -0.2) is 26.2 Å². The quantitative estimate of drug-likeness (QED) is 0.321. The van der Waals surface area contributed by atoms with E-state index >= 15 is 0 Å². The van der Waals surface area contributed by atoms with E-state index in [-0.39, 0.29) is 17.3 Å². The molecule has 0 fully saturated rings. The van der Waals surface area contributed by atoms with Crippen molar-refractivity contribution in [1.82, 2.24) is 15.2 Å². The Morgan fingerprint density at radius 1 is 1.11 bits per heavy atom. The number of aromatic amines is 2. The lowest BCUT2D eigenvalue weighted by Gasteiger charge is -1.96. The number of aromatic hydroxyl groups is 1. The summed E-state index contributed by atoms with van der Waals surface area (Å²) < 4.78 is 1.54. The van der Waals surface area contributed by atoms with E-state index in [9.17, 15) is 9.90 Å². The van der Waals surface area contributed by atoms with Gasteiger partial charge in [-0.1, -0.05) is 46.3 Å². The highest BCUT2D eigenvalue weighted by atomic mass is 79.9. The molecule has 0 saturated carbocycles. The van der Waals surface area contributed by atoms with E-state index in [1.54, 1.807) is 12.1 Å². The van der Waals surface area contributed by atoms with Gasteiger partial charge in [0.25, 0.3) is 0 Å². The molecule has 0 aliphatic heterocycles. The molecule has 134 valence electrons. The van der Waals surface area contributed by atoms with E-state index < -0.39 is 5.91 Å². The molecule has 4 rings (SSSR count). The zero-order valence-electron chi connectivity index (χ0n) is 13.6. The maximum atomic E-state index is 12.3. The van der Waals surface area contributed by atoms with Crippen LogP contribution in [0, 0.1) is 0 Å². The largest absolute Gasteiger partial charge is 0.493 e. The van der Waals surface area contributed by atoms with Gasteiger partial charge in [0.05, 0.1) is 11.2 Å². The average molecular weight is 489 g/mol. The number of rotatable bonds is 3. The number of halogens is 2. The Morgan fingerprint density at radius 3 is 2.67 bits per heavy atom. The fraction of sp³-hybridized carbons (Fsp3) is 0. The number of amides is 1. The summed E-state index contributed by atoms with van der Waals surface area (Å²) in [6.07, 6.45) is 0. The van der Waals surface area contributed by atoms with Crippen LogP contribution in [0.5, 0.6) is 5.88 Å². The zero-order chi connectivity index (χ0) is 19.0. The normalized spacial score (nSPS) is 11.5. The molecule has 9 heteroatoms. The van der Waals surface area contributed by atoms with Crippen LogP contribution in [0.4, 0.5) is 5.69 Å². The van der Waals surface area contributed by atoms with Gasteiger partial charge < -0.3 is 10.1 Å². The predicted octanol–water partition coefficient (Wildman–Crippen LogP) is 5.71. The number of H-pyrrole nitrogens is 2. The predicted molar refractivity (Wildman–Crippen MR) is 108 cm³/mol. The minimum Gasteiger partial charge on any atom is -0.493 e. The Balaban J connectivity index is 1.64. The number of nitrogens with one attached hydrogen (secondary N) is 2. The summed E-state index contributed by atoms with van der Waals surface area (Å²) in [6, 6.07) is 14.7. The monoisotopic (exact) mass is 487 g/mol. The summed E-state index contributed by atoms with van der Waals surface area (Å²) in [4.78, 5) is 15.1. The van der Waals surface area contributed by atoms with Crippen LogP contribution in [-0.2, 0) is 0 Å². The van der Waals surface area contributed by atoms with Crippen LogP contribution < -0.4 is 0 Å². The summed E-state index contributed by atoms with van der Waals surface area (Å²) in [5.74, 6) is -0.762. The van der Waals surface area contributed by atoms with Crippen molar-refractivity contribution in [2.24, 2.45) is 10.2 Å². The van der Waals surface area contributed by atoms with Crippen LogP contribution in [0.15, 0.2) is 67.7 Å². The van der Waals surface area contributed by atoms with Crippen LogP contribution in [0.25, 0.3) is 22.2 Å². The minimum absolute atomic E-state index is 0.171. The molecule has 0 bridgehead atoms. The van der Waals surface area contributed by atoms with Crippen molar-refractivity contribution < 1.29 is 9.90 Å². The van der Waals surface area contributed by atoms with E-state index in [1.807, 2.05) is 36.4 Å². The van der Waals surface area contributed by atoms with Gasteiger partial charge >= 0.3 is 5.91 Å². The standard InChI is InChI=1S/C18H11Br2N5O2/c19-10-6-11-15(12(20)7-10)21-18(27)16(11)24-25-17(26)14-8-13(22-23-14)9-4-2-1-3-5-9/h1-8,21,27H,(H,22,23). The highest BCUT2D eigenvalue weighted by molar-refractivity contribution is 9.11. The molecule has 3 N–H and O–H groups in total. The molecule has 1 amide bonds. The van der Waals surface area contributed by atoms with Crippen molar-refractivity contribution in [3.05, 3.63) is 63.2 Å². The molecule has 2 heterocycles. The van der Waals surface area contributed by atoms with Gasteiger partial charge in [0.15, 0.2) is 5.69 Å². The topological polar surface area (TPSA) is 106 Å². The first-order valence-electron chi connectivity index (χ1n) is 7.79. The second-order valence-electron chi connectivity index (χ2n) is 5.67. The number of benzene rings is 2. The first kappa shape index (κ1) is 17.6. The lowest BCUT2D eigenvalue weighted by molar-refractivity contribution is 0.0990. The van der Waals surface area contributed by atoms with Crippen LogP contribution in [0.2, 0.25) is 0 Å². The van der Waals surface area contributed by atoms with Crippen molar-refractivity contribution in [3.63, 3.8) is 0 Å². The summed E-state index contributed by atoms with van der Waals surface area (Å²) in [5.41, 5.74) is 2.57. The van der Waals surface area contributed by atoms with Crippen molar-refractivity contribution in [3.8, 4) is 17.1 Å². The van der Waals surface area contributed by atoms with Gasteiger partial charge in [-0.15, -0.1) is 10.2 Å². The van der Waals surface area contributed by atoms with Crippen molar-refractivity contribution in [2.75, 3.05) is 0 Å². The van der Waals surface area contributed by atoms with Crippen molar-refractivity contribution in [2.45, 2.75) is 0 Å². The molecule has 0 atom stereocenters. The van der Waals surface area contributed by atoms with Gasteiger partial charge in [0, 0.05) is 19.9 Å². The van der Waals surface area contributed by atoms with E-state index in [0.717, 1.165) is 14.5 Å². The van der Waals surface area contributed by atoms with Gasteiger partial charge in [0.2, 0.25) is 5.88 Å². The molecule has 0 saturated heterocycles. The first-order chi connectivity index (χ1) is 13.0. The number of aromatic nitrogens is 3. The second kappa shape index (κ2) is 7.09. The second-order valence-corrected chi connectivity index (χ2v) is 7.44. The fourth-order valence-corrected chi connectivity index (χ4v) is 3.96. The molecule has 2 aromatic heterocycles. The van der Waals surface area contributed by atoms with Crippen LogP contribution in [0.1, 0.15) is 10.5 Å². The Kier molecular flexibility index (Phi) is 4.63. The highest BCUT2D eigenvalue weighted by Gasteiger charge is 2.15. The van der Waals surface area contributed by atoms with Crippen molar-refractivity contribution >= 4 is 54.4 Å². The summed E-state index contributed by atoms with van der Waals surface area (Å²) in [5, 5.41) is 25.2. The number of nitrogens with zero attached hydrogens (tertiary/aromatic N) is 3. The molecule has 0 spiro atoms. The maximum absolute atomic E-state index is 12.3. The van der Waals surface area contributed by atoms with Gasteiger partial charge in [-0.3, -0.25) is 9.89 Å². The number of carbonyl (C=O) groups is 1. The molecule has 27 heavy (non-hydrogen) atoms. The van der Waals surface area contributed by atoms with E-state index in [4.69, 9.17) is 0 Å². The smallest absolute Gasteiger partial charge is 0.313 e. The van der Waals surface area contributed by atoms with Gasteiger partial charge in [-0.2, -0.15) is 5.10 Å².